The molecule has 0 aromatic heterocycles. The number of rotatable bonds is 4. The van der Waals surface area contributed by atoms with Crippen molar-refractivity contribution in [2.24, 2.45) is 0 Å². The van der Waals surface area contributed by atoms with Gasteiger partial charge in [-0.1, -0.05) is 60.7 Å². The summed E-state index contributed by atoms with van der Waals surface area (Å²) in [5.74, 6) is 0.524. The highest BCUT2D eigenvalue weighted by molar-refractivity contribution is 6.05. The fourth-order valence-electron chi connectivity index (χ4n) is 3.45. The first-order chi connectivity index (χ1) is 14.1. The van der Waals surface area contributed by atoms with E-state index < -0.39 is 24.1 Å². The molecule has 1 aliphatic heterocycles. The molecule has 6 heteroatoms. The van der Waals surface area contributed by atoms with Crippen molar-refractivity contribution >= 4 is 17.3 Å². The van der Waals surface area contributed by atoms with Crippen LogP contribution in [-0.4, -0.2) is 41.4 Å². The van der Waals surface area contributed by atoms with Gasteiger partial charge in [0.1, 0.15) is 23.7 Å². The monoisotopic (exact) mass is 392 g/mol. The molecule has 2 aromatic carbocycles. The molecule has 0 spiro atoms. The standard InChI is InChI=1S/C23H20O6/c1-27-29-23-21(25)19(20(24)22(23)26)16-12-17(14-8-4-2-5-9-14)28-18(13-16)15-10-6-3-7-11-15/h2-13,20,22-24,26H,1H3. The molecule has 3 atom stereocenters. The fourth-order valence-corrected chi connectivity index (χ4v) is 3.45. The predicted octanol–water partition coefficient (Wildman–Crippen LogP) is 2.65. The highest BCUT2D eigenvalue weighted by Crippen LogP contribution is 2.36. The van der Waals surface area contributed by atoms with E-state index in [-0.39, 0.29) is 5.57 Å². The van der Waals surface area contributed by atoms with Crippen LogP contribution in [0.4, 0.5) is 0 Å². The number of carbonyl (C=O) groups excluding carboxylic acids is 1. The molecule has 6 nitrogen and oxygen atoms in total. The van der Waals surface area contributed by atoms with E-state index >= 15 is 0 Å². The Labute approximate surface area is 167 Å². The normalized spacial score (nSPS) is 24.2. The minimum atomic E-state index is -1.42. The van der Waals surface area contributed by atoms with E-state index in [1.165, 1.54) is 7.11 Å². The van der Waals surface area contributed by atoms with Crippen LogP contribution in [-0.2, 0) is 19.3 Å². The zero-order valence-electron chi connectivity index (χ0n) is 15.7. The molecule has 1 aliphatic carbocycles. The highest BCUT2D eigenvalue weighted by Gasteiger charge is 2.48. The van der Waals surface area contributed by atoms with Crippen LogP contribution >= 0.6 is 0 Å². The van der Waals surface area contributed by atoms with Crippen LogP contribution in [0.1, 0.15) is 11.1 Å². The van der Waals surface area contributed by atoms with Crippen molar-refractivity contribution in [1.29, 1.82) is 0 Å². The Morgan fingerprint density at radius 1 is 0.862 bits per heavy atom. The van der Waals surface area contributed by atoms with Crippen LogP contribution in [0.2, 0.25) is 0 Å². The van der Waals surface area contributed by atoms with E-state index in [0.717, 1.165) is 11.1 Å². The van der Waals surface area contributed by atoms with Crippen molar-refractivity contribution in [3.63, 3.8) is 0 Å². The van der Waals surface area contributed by atoms with Gasteiger partial charge in [-0.3, -0.25) is 4.79 Å². The van der Waals surface area contributed by atoms with Gasteiger partial charge in [0, 0.05) is 16.7 Å². The third-order valence-corrected chi connectivity index (χ3v) is 4.87. The number of Topliss-reactive ketones (excluding diaryl/α,β-unsaturated/α-hetero) is 1. The van der Waals surface area contributed by atoms with Gasteiger partial charge in [-0.25, -0.2) is 9.78 Å². The number of ketones is 1. The summed E-state index contributed by atoms with van der Waals surface area (Å²) in [5.41, 5.74) is 2.15. The minimum absolute atomic E-state index is 0.0599. The van der Waals surface area contributed by atoms with E-state index in [1.54, 1.807) is 12.2 Å². The van der Waals surface area contributed by atoms with Gasteiger partial charge < -0.3 is 14.9 Å². The van der Waals surface area contributed by atoms with Gasteiger partial charge in [-0.2, -0.15) is 0 Å². The van der Waals surface area contributed by atoms with Crippen molar-refractivity contribution < 1.29 is 29.5 Å². The molecule has 0 bridgehead atoms. The topological polar surface area (TPSA) is 85.2 Å². The summed E-state index contributed by atoms with van der Waals surface area (Å²) in [6, 6.07) is 18.9. The average Bonchev–Trinajstić information content (AvgIpc) is 2.98. The first-order valence-corrected chi connectivity index (χ1v) is 9.16. The number of benzene rings is 2. The second kappa shape index (κ2) is 8.14. The molecule has 1 fully saturated rings. The van der Waals surface area contributed by atoms with Gasteiger partial charge in [0.15, 0.2) is 11.9 Å². The molecule has 2 aromatic rings. The lowest BCUT2D eigenvalue weighted by molar-refractivity contribution is -0.309. The molecule has 29 heavy (non-hydrogen) atoms. The van der Waals surface area contributed by atoms with Crippen molar-refractivity contribution in [3.8, 4) is 0 Å². The van der Waals surface area contributed by atoms with Gasteiger partial charge >= 0.3 is 0 Å². The van der Waals surface area contributed by atoms with Crippen LogP contribution in [0, 0.1) is 0 Å². The van der Waals surface area contributed by atoms with Gasteiger partial charge in [0.25, 0.3) is 0 Å². The lowest BCUT2D eigenvalue weighted by Gasteiger charge is -2.20. The van der Waals surface area contributed by atoms with Crippen LogP contribution in [0.3, 0.4) is 0 Å². The number of hydrogen-bond acceptors (Lipinski definition) is 6. The zero-order valence-corrected chi connectivity index (χ0v) is 15.7. The second-order valence-electron chi connectivity index (χ2n) is 6.70. The number of allylic oxidation sites excluding steroid dienone is 3. The van der Waals surface area contributed by atoms with E-state index in [0.29, 0.717) is 17.1 Å². The summed E-state index contributed by atoms with van der Waals surface area (Å²) in [6.45, 7) is 0. The first-order valence-electron chi connectivity index (χ1n) is 9.16. The maximum absolute atomic E-state index is 12.8. The molecule has 4 rings (SSSR count). The Bertz CT molecular complexity index is 933. The molecule has 2 aliphatic rings. The largest absolute Gasteiger partial charge is 0.456 e. The average molecular weight is 392 g/mol. The molecule has 0 amide bonds. The Kier molecular flexibility index (Phi) is 5.42. The molecule has 0 saturated heterocycles. The van der Waals surface area contributed by atoms with Crippen LogP contribution in [0.25, 0.3) is 11.5 Å². The zero-order chi connectivity index (χ0) is 20.4. The van der Waals surface area contributed by atoms with Gasteiger partial charge in [-0.15, -0.1) is 0 Å². The van der Waals surface area contributed by atoms with Gasteiger partial charge in [-0.05, 0) is 17.7 Å². The maximum atomic E-state index is 12.8. The first kappa shape index (κ1) is 19.3. The third-order valence-electron chi connectivity index (χ3n) is 4.87. The Hall–Kier alpha value is -3.03. The Morgan fingerprint density at radius 2 is 1.38 bits per heavy atom. The highest BCUT2D eigenvalue weighted by atomic mass is 17.2. The predicted molar refractivity (Wildman–Crippen MR) is 106 cm³/mol. The number of aliphatic hydroxyl groups excluding tert-OH is 2. The summed E-state index contributed by atoms with van der Waals surface area (Å²) < 4.78 is 6.10. The van der Waals surface area contributed by atoms with Crippen molar-refractivity contribution in [2.75, 3.05) is 7.11 Å². The number of ether oxygens (including phenoxy) is 1. The fraction of sp³-hybridized carbons (Fsp3) is 0.174. The number of carbonyl (C=O) groups is 1. The van der Waals surface area contributed by atoms with Crippen molar-refractivity contribution in [2.45, 2.75) is 18.3 Å². The number of aliphatic hydroxyl groups is 2. The molecule has 1 saturated carbocycles. The summed E-state index contributed by atoms with van der Waals surface area (Å²) in [7, 11) is 1.24. The molecule has 0 radical (unpaired) electrons. The minimum Gasteiger partial charge on any atom is -0.456 e. The van der Waals surface area contributed by atoms with Gasteiger partial charge in [0.05, 0.1) is 7.11 Å². The summed E-state index contributed by atoms with van der Waals surface area (Å²) in [5, 5.41) is 20.8. The van der Waals surface area contributed by atoms with E-state index in [1.807, 2.05) is 60.7 Å². The lowest BCUT2D eigenvalue weighted by atomic mass is 9.98. The van der Waals surface area contributed by atoms with Crippen LogP contribution < -0.4 is 0 Å². The lowest BCUT2D eigenvalue weighted by Crippen LogP contribution is -2.33. The molecule has 3 unspecified atom stereocenters. The Morgan fingerprint density at radius 3 is 1.86 bits per heavy atom. The number of hydrogen-bond donors (Lipinski definition) is 2. The van der Waals surface area contributed by atoms with E-state index in [4.69, 9.17) is 9.62 Å². The van der Waals surface area contributed by atoms with Crippen molar-refractivity contribution in [3.05, 3.63) is 95.1 Å². The molecule has 2 N–H and O–H groups in total. The molecule has 148 valence electrons. The summed E-state index contributed by atoms with van der Waals surface area (Å²) in [6.07, 6.45) is -0.755. The van der Waals surface area contributed by atoms with Crippen molar-refractivity contribution in [1.82, 2.24) is 0 Å². The third kappa shape index (κ3) is 3.66. The molecular weight excluding hydrogens is 372 g/mol. The Balaban J connectivity index is 1.85. The van der Waals surface area contributed by atoms with Crippen LogP contribution in [0.5, 0.6) is 0 Å². The summed E-state index contributed by atoms with van der Waals surface area (Å²) >= 11 is 0. The van der Waals surface area contributed by atoms with E-state index in [2.05, 4.69) is 4.89 Å². The SMILES string of the molecule is COOC1C(=O)C(=C2C=C(c3ccccc3)OC(c3ccccc3)=C2)C(O)C1O. The van der Waals surface area contributed by atoms with Gasteiger partial charge in [0.2, 0.25) is 0 Å². The quantitative estimate of drug-likeness (QED) is 0.473. The maximum Gasteiger partial charge on any atom is 0.197 e. The summed E-state index contributed by atoms with van der Waals surface area (Å²) in [4.78, 5) is 22.3. The second-order valence-corrected chi connectivity index (χ2v) is 6.70. The van der Waals surface area contributed by atoms with Crippen LogP contribution in [0.15, 0.2) is 84.0 Å². The molecular formula is C23H20O6. The molecule has 1 heterocycles. The smallest absolute Gasteiger partial charge is 0.197 e. The van der Waals surface area contributed by atoms with E-state index in [9.17, 15) is 15.0 Å².